The molecule has 1 aliphatic carbocycles. The van der Waals surface area contributed by atoms with Gasteiger partial charge in [-0.3, -0.25) is 14.9 Å². The van der Waals surface area contributed by atoms with E-state index in [1.807, 2.05) is 0 Å². The van der Waals surface area contributed by atoms with Gasteiger partial charge in [-0.15, -0.1) is 0 Å². The lowest BCUT2D eigenvalue weighted by Crippen LogP contribution is -2.67. The third-order valence-corrected chi connectivity index (χ3v) is 7.27. The van der Waals surface area contributed by atoms with Gasteiger partial charge in [0.25, 0.3) is 5.91 Å². The molecule has 2 heterocycles. The molecule has 0 aromatic heterocycles. The Morgan fingerprint density at radius 1 is 1.03 bits per heavy atom. The topological polar surface area (TPSA) is 82.3 Å². The second-order valence-corrected chi connectivity index (χ2v) is 9.27. The molecule has 3 fully saturated rings. The zero-order chi connectivity index (χ0) is 22.9. The van der Waals surface area contributed by atoms with Crippen LogP contribution >= 0.6 is 0 Å². The first-order chi connectivity index (χ1) is 16.0. The predicted molar refractivity (Wildman–Crippen MR) is 122 cm³/mol. The number of piperidine rings is 2. The number of fused-ring (bicyclic) bond motifs is 3. The molecule has 0 radical (unpaired) electrons. The van der Waals surface area contributed by atoms with E-state index in [9.17, 15) is 18.4 Å². The number of anilines is 2. The molecule has 2 aliphatic heterocycles. The maximum absolute atomic E-state index is 15.0. The summed E-state index contributed by atoms with van der Waals surface area (Å²) >= 11 is 0. The molecule has 2 amide bonds. The lowest BCUT2D eigenvalue weighted by Gasteiger charge is -2.51. The second-order valence-electron chi connectivity index (χ2n) is 9.27. The van der Waals surface area contributed by atoms with Crippen molar-refractivity contribution in [2.45, 2.75) is 44.3 Å². The Balaban J connectivity index is 1.30. The molecule has 174 valence electrons. The zero-order valence-electron chi connectivity index (χ0n) is 18.2. The van der Waals surface area contributed by atoms with Gasteiger partial charge < -0.3 is 16.0 Å². The van der Waals surface area contributed by atoms with Gasteiger partial charge in [0.2, 0.25) is 5.91 Å². The first-order valence-corrected chi connectivity index (χ1v) is 11.7. The van der Waals surface area contributed by atoms with Gasteiger partial charge in [-0.1, -0.05) is 18.9 Å². The minimum absolute atomic E-state index is 0.0321. The third kappa shape index (κ3) is 4.44. The minimum atomic E-state index is -0.507. The standard InChI is InChI=1S/C25H28F2N4O2/c26-15-5-3-4-14(12-15)24(32)29-16-8-9-20(19(27)13-16)30-21-10-11-28-23-22(21)17-6-1-2-7-18(17)25(33)31-23/h3-5,8-9,12-13,17-18,21-23,28,30H,1-2,6-7,10-11H2,(H,29,32)(H,31,33). The lowest BCUT2D eigenvalue weighted by atomic mass is 9.65. The molecule has 5 unspecified atom stereocenters. The van der Waals surface area contributed by atoms with Crippen molar-refractivity contribution in [3.63, 3.8) is 0 Å². The van der Waals surface area contributed by atoms with Crippen LogP contribution in [-0.2, 0) is 4.79 Å². The summed E-state index contributed by atoms with van der Waals surface area (Å²) in [6, 6.07) is 9.90. The van der Waals surface area contributed by atoms with Crippen LogP contribution in [0.2, 0.25) is 0 Å². The number of halogens is 2. The molecule has 3 aliphatic rings. The van der Waals surface area contributed by atoms with Crippen molar-refractivity contribution < 1.29 is 18.4 Å². The smallest absolute Gasteiger partial charge is 0.255 e. The van der Waals surface area contributed by atoms with Crippen LogP contribution in [0.4, 0.5) is 20.2 Å². The molecule has 6 nitrogen and oxygen atoms in total. The zero-order valence-corrected chi connectivity index (χ0v) is 18.2. The van der Waals surface area contributed by atoms with Crippen LogP contribution in [0, 0.1) is 29.4 Å². The van der Waals surface area contributed by atoms with E-state index in [-0.39, 0.29) is 41.4 Å². The monoisotopic (exact) mass is 454 g/mol. The Morgan fingerprint density at radius 3 is 2.70 bits per heavy atom. The van der Waals surface area contributed by atoms with Gasteiger partial charge in [0.15, 0.2) is 0 Å². The molecule has 2 aromatic carbocycles. The summed E-state index contributed by atoms with van der Waals surface area (Å²) in [4.78, 5) is 24.9. The molecule has 2 aromatic rings. The SMILES string of the molecule is O=C(Nc1ccc(NC2CCNC3NC(=O)C4CCCCC4C23)c(F)c1)c1cccc(F)c1. The molecule has 1 saturated carbocycles. The van der Waals surface area contributed by atoms with Gasteiger partial charge in [-0.25, -0.2) is 8.78 Å². The molecule has 8 heteroatoms. The normalized spacial score (nSPS) is 28.8. The van der Waals surface area contributed by atoms with Gasteiger partial charge in [-0.2, -0.15) is 0 Å². The van der Waals surface area contributed by atoms with Gasteiger partial charge >= 0.3 is 0 Å². The maximum atomic E-state index is 15.0. The first kappa shape index (κ1) is 21.8. The number of hydrogen-bond donors (Lipinski definition) is 4. The number of carbonyl (C=O) groups is 2. The number of benzene rings is 2. The minimum Gasteiger partial charge on any atom is -0.379 e. The third-order valence-electron chi connectivity index (χ3n) is 7.27. The van der Waals surface area contributed by atoms with Crippen LogP contribution < -0.4 is 21.3 Å². The average Bonchev–Trinajstić information content (AvgIpc) is 2.81. The van der Waals surface area contributed by atoms with Crippen molar-refractivity contribution in [2.75, 3.05) is 17.2 Å². The summed E-state index contributed by atoms with van der Waals surface area (Å²) in [6.45, 7) is 0.736. The highest BCUT2D eigenvalue weighted by atomic mass is 19.1. The first-order valence-electron chi connectivity index (χ1n) is 11.7. The lowest BCUT2D eigenvalue weighted by molar-refractivity contribution is -0.136. The molecule has 5 atom stereocenters. The molecular formula is C25H28F2N4O2. The summed E-state index contributed by atoms with van der Waals surface area (Å²) in [6.07, 6.45) is 4.87. The van der Waals surface area contributed by atoms with Crippen molar-refractivity contribution in [1.82, 2.24) is 10.6 Å². The summed E-state index contributed by atoms with van der Waals surface area (Å²) in [7, 11) is 0. The van der Waals surface area contributed by atoms with E-state index in [2.05, 4.69) is 21.3 Å². The number of amides is 2. The predicted octanol–water partition coefficient (Wildman–Crippen LogP) is 3.87. The Labute approximate surface area is 191 Å². The quantitative estimate of drug-likeness (QED) is 0.565. The second kappa shape index (κ2) is 9.09. The Hall–Kier alpha value is -3.00. The van der Waals surface area contributed by atoms with Crippen LogP contribution in [0.1, 0.15) is 42.5 Å². The van der Waals surface area contributed by atoms with Gasteiger partial charge in [0.05, 0.1) is 11.9 Å². The fourth-order valence-corrected chi connectivity index (χ4v) is 5.77. The van der Waals surface area contributed by atoms with E-state index in [0.29, 0.717) is 11.4 Å². The summed E-state index contributed by atoms with van der Waals surface area (Å²) in [5.74, 6) is -0.829. The average molecular weight is 455 g/mol. The molecule has 33 heavy (non-hydrogen) atoms. The largest absolute Gasteiger partial charge is 0.379 e. The Kier molecular flexibility index (Phi) is 6.01. The van der Waals surface area contributed by atoms with Gasteiger partial charge in [0, 0.05) is 29.1 Å². The van der Waals surface area contributed by atoms with Crippen LogP contribution in [0.15, 0.2) is 42.5 Å². The van der Waals surface area contributed by atoms with Crippen molar-refractivity contribution in [3.8, 4) is 0 Å². The van der Waals surface area contributed by atoms with Crippen molar-refractivity contribution >= 4 is 23.2 Å². The van der Waals surface area contributed by atoms with E-state index in [0.717, 1.165) is 44.7 Å². The van der Waals surface area contributed by atoms with Gasteiger partial charge in [-0.05, 0) is 68.1 Å². The fourth-order valence-electron chi connectivity index (χ4n) is 5.77. The van der Waals surface area contributed by atoms with Crippen molar-refractivity contribution in [3.05, 3.63) is 59.7 Å². The van der Waals surface area contributed by atoms with Gasteiger partial charge in [0.1, 0.15) is 11.6 Å². The number of rotatable bonds is 4. The maximum Gasteiger partial charge on any atom is 0.255 e. The number of nitrogens with one attached hydrogen (secondary N) is 4. The highest BCUT2D eigenvalue weighted by Crippen LogP contribution is 2.43. The van der Waals surface area contributed by atoms with Crippen LogP contribution in [0.25, 0.3) is 0 Å². The Morgan fingerprint density at radius 2 is 1.88 bits per heavy atom. The number of hydrogen-bond acceptors (Lipinski definition) is 4. The Bertz CT molecular complexity index is 1060. The molecule has 4 N–H and O–H groups in total. The van der Waals surface area contributed by atoms with Crippen molar-refractivity contribution in [2.24, 2.45) is 17.8 Å². The van der Waals surface area contributed by atoms with E-state index >= 15 is 0 Å². The van der Waals surface area contributed by atoms with Crippen LogP contribution in [-0.4, -0.2) is 30.6 Å². The highest BCUT2D eigenvalue weighted by molar-refractivity contribution is 6.04. The van der Waals surface area contributed by atoms with E-state index in [1.165, 1.54) is 24.3 Å². The summed E-state index contributed by atoms with van der Waals surface area (Å²) in [5, 5.41) is 12.6. The van der Waals surface area contributed by atoms with E-state index in [1.54, 1.807) is 12.1 Å². The van der Waals surface area contributed by atoms with E-state index in [4.69, 9.17) is 0 Å². The molecule has 2 saturated heterocycles. The van der Waals surface area contributed by atoms with Crippen molar-refractivity contribution in [1.29, 1.82) is 0 Å². The molecule has 0 spiro atoms. The van der Waals surface area contributed by atoms with Crippen LogP contribution in [0.3, 0.4) is 0 Å². The van der Waals surface area contributed by atoms with Crippen LogP contribution in [0.5, 0.6) is 0 Å². The molecule has 5 rings (SSSR count). The summed E-state index contributed by atoms with van der Waals surface area (Å²) < 4.78 is 28.4. The molecular weight excluding hydrogens is 426 g/mol. The number of carbonyl (C=O) groups excluding carboxylic acids is 2. The molecule has 0 bridgehead atoms. The fraction of sp³-hybridized carbons (Fsp3) is 0.440. The summed E-state index contributed by atoms with van der Waals surface area (Å²) in [5.41, 5.74) is 0.834. The highest BCUT2D eigenvalue weighted by Gasteiger charge is 2.49. The van der Waals surface area contributed by atoms with E-state index < -0.39 is 17.5 Å².